The van der Waals surface area contributed by atoms with E-state index in [9.17, 15) is 5.11 Å². The molecule has 1 fully saturated rings. The van der Waals surface area contributed by atoms with Gasteiger partial charge in [0.2, 0.25) is 0 Å². The van der Waals surface area contributed by atoms with Gasteiger partial charge in [0.15, 0.2) is 0 Å². The second kappa shape index (κ2) is 5.46. The van der Waals surface area contributed by atoms with E-state index in [1.54, 1.807) is 0 Å². The second-order valence-corrected chi connectivity index (χ2v) is 4.81. The number of piperidine rings is 1. The van der Waals surface area contributed by atoms with Crippen LogP contribution in [0.3, 0.4) is 0 Å². The summed E-state index contributed by atoms with van der Waals surface area (Å²) in [6.45, 7) is 3.17. The lowest BCUT2D eigenvalue weighted by molar-refractivity contribution is 0.144. The van der Waals surface area contributed by atoms with Gasteiger partial charge in [0, 0.05) is 6.04 Å². The predicted octanol–water partition coefficient (Wildman–Crippen LogP) is 2.56. The maximum atomic E-state index is 10.2. The van der Waals surface area contributed by atoms with Gasteiger partial charge in [-0.15, -0.1) is 0 Å². The van der Waals surface area contributed by atoms with Crippen LogP contribution in [0.15, 0.2) is 24.3 Å². The number of aliphatic hydroxyl groups is 1. The van der Waals surface area contributed by atoms with E-state index < -0.39 is 0 Å². The summed E-state index contributed by atoms with van der Waals surface area (Å²) in [5.74, 6) is 0. The molecule has 1 saturated heterocycles. The molecule has 88 valence electrons. The Kier molecular flexibility index (Phi) is 3.97. The van der Waals surface area contributed by atoms with Crippen LogP contribution >= 0.6 is 0 Å². The summed E-state index contributed by atoms with van der Waals surface area (Å²) in [5.41, 5.74) is 2.26. The Balaban J connectivity index is 1.94. The first kappa shape index (κ1) is 11.6. The lowest BCUT2D eigenvalue weighted by Crippen LogP contribution is -2.35. The molecule has 1 aliphatic rings. The van der Waals surface area contributed by atoms with Crippen LogP contribution in [-0.4, -0.2) is 17.7 Å². The lowest BCUT2D eigenvalue weighted by atomic mass is 9.95. The van der Waals surface area contributed by atoms with Crippen LogP contribution in [0.1, 0.15) is 42.9 Å². The third-order valence-corrected chi connectivity index (χ3v) is 3.35. The highest BCUT2D eigenvalue weighted by Gasteiger charge is 2.17. The molecule has 2 nitrogen and oxygen atoms in total. The monoisotopic (exact) mass is 219 g/mol. The van der Waals surface area contributed by atoms with Crippen LogP contribution < -0.4 is 5.32 Å². The number of benzene rings is 1. The van der Waals surface area contributed by atoms with Crippen molar-refractivity contribution in [2.75, 3.05) is 6.54 Å². The molecule has 0 aromatic heterocycles. The molecule has 0 spiro atoms. The van der Waals surface area contributed by atoms with E-state index in [4.69, 9.17) is 0 Å². The van der Waals surface area contributed by atoms with E-state index in [-0.39, 0.29) is 6.10 Å². The Labute approximate surface area is 97.7 Å². The van der Waals surface area contributed by atoms with Gasteiger partial charge in [-0.3, -0.25) is 0 Å². The van der Waals surface area contributed by atoms with E-state index in [0.717, 1.165) is 18.5 Å². The minimum Gasteiger partial charge on any atom is -0.388 e. The standard InChI is InChI=1S/C14H21NO/c1-11-5-4-6-12(9-11)14(16)10-13-7-2-3-8-15-13/h4-6,9,13-16H,2-3,7-8,10H2,1H3. The van der Waals surface area contributed by atoms with Gasteiger partial charge in [0.05, 0.1) is 6.10 Å². The van der Waals surface area contributed by atoms with Crippen LogP contribution in [0, 0.1) is 6.92 Å². The normalized spacial score (nSPS) is 23.0. The van der Waals surface area contributed by atoms with Gasteiger partial charge < -0.3 is 10.4 Å². The first-order valence-electron chi connectivity index (χ1n) is 6.24. The highest BCUT2D eigenvalue weighted by molar-refractivity contribution is 5.24. The van der Waals surface area contributed by atoms with Gasteiger partial charge >= 0.3 is 0 Å². The molecule has 2 rings (SSSR count). The quantitative estimate of drug-likeness (QED) is 0.819. The molecular weight excluding hydrogens is 198 g/mol. The van der Waals surface area contributed by atoms with Crippen molar-refractivity contribution < 1.29 is 5.11 Å². The average molecular weight is 219 g/mol. The zero-order valence-electron chi connectivity index (χ0n) is 9.95. The zero-order chi connectivity index (χ0) is 11.4. The highest BCUT2D eigenvalue weighted by atomic mass is 16.3. The zero-order valence-corrected chi connectivity index (χ0v) is 9.95. The molecular formula is C14H21NO. The molecule has 2 N–H and O–H groups in total. The van der Waals surface area contributed by atoms with Crippen LogP contribution in [0.4, 0.5) is 0 Å². The maximum Gasteiger partial charge on any atom is 0.0805 e. The van der Waals surface area contributed by atoms with E-state index in [2.05, 4.69) is 24.4 Å². The molecule has 1 heterocycles. The minimum absolute atomic E-state index is 0.324. The summed E-state index contributed by atoms with van der Waals surface area (Å²) in [4.78, 5) is 0. The van der Waals surface area contributed by atoms with Crippen molar-refractivity contribution in [3.63, 3.8) is 0 Å². The summed E-state index contributed by atoms with van der Waals surface area (Å²) in [7, 11) is 0. The lowest BCUT2D eigenvalue weighted by Gasteiger charge is -2.25. The maximum absolute atomic E-state index is 10.2. The van der Waals surface area contributed by atoms with E-state index in [0.29, 0.717) is 6.04 Å². The Morgan fingerprint density at radius 1 is 1.44 bits per heavy atom. The van der Waals surface area contributed by atoms with Crippen LogP contribution in [0.2, 0.25) is 0 Å². The molecule has 0 aliphatic carbocycles. The number of aliphatic hydroxyl groups excluding tert-OH is 1. The second-order valence-electron chi connectivity index (χ2n) is 4.81. The van der Waals surface area contributed by atoms with Crippen molar-refractivity contribution in [1.29, 1.82) is 0 Å². The number of nitrogens with one attached hydrogen (secondary N) is 1. The summed E-state index contributed by atoms with van der Waals surface area (Å²) in [6.07, 6.45) is 4.28. The summed E-state index contributed by atoms with van der Waals surface area (Å²) in [6, 6.07) is 8.66. The summed E-state index contributed by atoms with van der Waals surface area (Å²) < 4.78 is 0. The molecule has 0 saturated carbocycles. The summed E-state index contributed by atoms with van der Waals surface area (Å²) >= 11 is 0. The van der Waals surface area contributed by atoms with E-state index in [1.807, 2.05) is 12.1 Å². The number of hydrogen-bond donors (Lipinski definition) is 2. The molecule has 2 atom stereocenters. The fourth-order valence-corrected chi connectivity index (χ4v) is 2.41. The van der Waals surface area contributed by atoms with Gasteiger partial charge in [-0.1, -0.05) is 36.2 Å². The predicted molar refractivity (Wildman–Crippen MR) is 66.4 cm³/mol. The fourth-order valence-electron chi connectivity index (χ4n) is 2.41. The van der Waals surface area contributed by atoms with E-state index in [1.165, 1.54) is 24.8 Å². The third-order valence-electron chi connectivity index (χ3n) is 3.35. The molecule has 1 aromatic carbocycles. The van der Waals surface area contributed by atoms with Crippen molar-refractivity contribution in [2.24, 2.45) is 0 Å². The topological polar surface area (TPSA) is 32.3 Å². The number of aryl methyl sites for hydroxylation is 1. The molecule has 0 bridgehead atoms. The Bertz CT molecular complexity index is 331. The first-order valence-corrected chi connectivity index (χ1v) is 6.24. The Morgan fingerprint density at radius 3 is 3.00 bits per heavy atom. The van der Waals surface area contributed by atoms with Crippen molar-refractivity contribution in [3.8, 4) is 0 Å². The van der Waals surface area contributed by atoms with Gasteiger partial charge in [0.1, 0.15) is 0 Å². The van der Waals surface area contributed by atoms with Crippen molar-refractivity contribution in [1.82, 2.24) is 5.32 Å². The number of hydrogen-bond acceptors (Lipinski definition) is 2. The highest BCUT2D eigenvalue weighted by Crippen LogP contribution is 2.22. The van der Waals surface area contributed by atoms with Gasteiger partial charge in [-0.25, -0.2) is 0 Å². The van der Waals surface area contributed by atoms with Crippen LogP contribution in [0.25, 0.3) is 0 Å². The largest absolute Gasteiger partial charge is 0.388 e. The molecule has 1 aliphatic heterocycles. The van der Waals surface area contributed by atoms with Crippen LogP contribution in [-0.2, 0) is 0 Å². The Hall–Kier alpha value is -0.860. The summed E-state index contributed by atoms with van der Waals surface area (Å²) in [5, 5.41) is 13.6. The molecule has 1 aromatic rings. The molecule has 2 heteroatoms. The van der Waals surface area contributed by atoms with Gasteiger partial charge in [-0.2, -0.15) is 0 Å². The fraction of sp³-hybridized carbons (Fsp3) is 0.571. The molecule has 0 radical (unpaired) electrons. The van der Waals surface area contributed by atoms with E-state index >= 15 is 0 Å². The van der Waals surface area contributed by atoms with Crippen molar-refractivity contribution in [2.45, 2.75) is 44.8 Å². The van der Waals surface area contributed by atoms with Gasteiger partial charge in [-0.05, 0) is 38.3 Å². The van der Waals surface area contributed by atoms with Crippen molar-refractivity contribution >= 4 is 0 Å². The first-order chi connectivity index (χ1) is 7.75. The van der Waals surface area contributed by atoms with Gasteiger partial charge in [0.25, 0.3) is 0 Å². The smallest absolute Gasteiger partial charge is 0.0805 e. The molecule has 16 heavy (non-hydrogen) atoms. The van der Waals surface area contributed by atoms with Crippen LogP contribution in [0.5, 0.6) is 0 Å². The third kappa shape index (κ3) is 3.06. The number of rotatable bonds is 3. The molecule has 0 amide bonds. The SMILES string of the molecule is Cc1cccc(C(O)CC2CCCCN2)c1. The minimum atomic E-state index is -0.324. The Morgan fingerprint density at radius 2 is 2.31 bits per heavy atom. The van der Waals surface area contributed by atoms with Crippen molar-refractivity contribution in [3.05, 3.63) is 35.4 Å². The molecule has 2 unspecified atom stereocenters. The average Bonchev–Trinajstić information content (AvgIpc) is 2.30.